The first kappa shape index (κ1) is 62.2. The van der Waals surface area contributed by atoms with E-state index >= 15 is 0 Å². The fourth-order valence-corrected chi connectivity index (χ4v) is 9.50. The zero-order chi connectivity index (χ0) is 47.4. The summed E-state index contributed by atoms with van der Waals surface area (Å²) in [6, 6.07) is -0.986. The van der Waals surface area contributed by atoms with Crippen LogP contribution in [0.5, 0.6) is 0 Å². The largest absolute Gasteiger partial charge is 0.394 e. The van der Waals surface area contributed by atoms with Gasteiger partial charge in [-0.2, -0.15) is 0 Å². The fraction of sp³-hybridized carbons (Fsp3) is 0.982. The summed E-state index contributed by atoms with van der Waals surface area (Å²) in [6.07, 6.45) is 42.7. The quantitative estimate of drug-likeness (QED) is 0.0294. The third-order valence-corrected chi connectivity index (χ3v) is 14.1. The van der Waals surface area contributed by atoms with Crippen LogP contribution in [0.1, 0.15) is 284 Å². The Labute approximate surface area is 400 Å². The van der Waals surface area contributed by atoms with Crippen molar-refractivity contribution >= 4 is 5.91 Å². The highest BCUT2D eigenvalue weighted by Gasteiger charge is 2.44. The molecule has 0 radical (unpaired) electrons. The van der Waals surface area contributed by atoms with E-state index in [4.69, 9.17) is 9.47 Å². The highest BCUT2D eigenvalue weighted by Crippen LogP contribution is 2.23. The second kappa shape index (κ2) is 45.6. The first-order valence-electron chi connectivity index (χ1n) is 28.3. The lowest BCUT2D eigenvalue weighted by atomic mass is 9.98. The van der Waals surface area contributed by atoms with Crippen molar-refractivity contribution < 1.29 is 44.9 Å². The lowest BCUT2D eigenvalue weighted by molar-refractivity contribution is -0.303. The summed E-state index contributed by atoms with van der Waals surface area (Å²) in [6.45, 7) is 3.65. The first-order valence-corrected chi connectivity index (χ1v) is 28.3. The Kier molecular flexibility index (Phi) is 43.6. The zero-order valence-electron chi connectivity index (χ0n) is 42.6. The van der Waals surface area contributed by atoms with Crippen molar-refractivity contribution in [2.75, 3.05) is 13.2 Å². The van der Waals surface area contributed by atoms with E-state index < -0.39 is 55.6 Å². The number of amides is 1. The van der Waals surface area contributed by atoms with Gasteiger partial charge in [0.05, 0.1) is 25.4 Å². The predicted molar refractivity (Wildman–Crippen MR) is 269 cm³/mol. The number of hydrogen-bond donors (Lipinski definition) is 7. The number of carbonyl (C=O) groups excluding carboxylic acids is 1. The molecular formula is C55H109NO9. The summed E-state index contributed by atoms with van der Waals surface area (Å²) in [5.41, 5.74) is 0. The molecule has 0 saturated carbocycles. The summed E-state index contributed by atoms with van der Waals surface area (Å²) in [5, 5.41) is 65.5. The van der Waals surface area contributed by atoms with Gasteiger partial charge in [0.25, 0.3) is 0 Å². The van der Waals surface area contributed by atoms with Crippen molar-refractivity contribution in [1.29, 1.82) is 0 Å². The van der Waals surface area contributed by atoms with Gasteiger partial charge in [0.15, 0.2) is 6.29 Å². The maximum Gasteiger partial charge on any atom is 0.220 e. The molecule has 10 nitrogen and oxygen atoms in total. The summed E-state index contributed by atoms with van der Waals surface area (Å²) in [7, 11) is 0. The van der Waals surface area contributed by atoms with E-state index in [-0.39, 0.29) is 18.9 Å². The van der Waals surface area contributed by atoms with Crippen molar-refractivity contribution in [2.45, 2.75) is 332 Å². The summed E-state index contributed by atoms with van der Waals surface area (Å²) in [5.74, 6) is -0.250. The maximum absolute atomic E-state index is 13.1. The molecule has 7 N–H and O–H groups in total. The fourth-order valence-electron chi connectivity index (χ4n) is 9.50. The number of hydrogen-bond acceptors (Lipinski definition) is 9. The topological polar surface area (TPSA) is 169 Å². The minimum Gasteiger partial charge on any atom is -0.394 e. The molecule has 8 atom stereocenters. The predicted octanol–water partition coefficient (Wildman–Crippen LogP) is 12.4. The Morgan fingerprint density at radius 1 is 0.477 bits per heavy atom. The molecule has 1 saturated heterocycles. The third-order valence-electron chi connectivity index (χ3n) is 14.1. The third kappa shape index (κ3) is 35.0. The SMILES string of the molecule is CCCCCCCCCCCCCCCCCCCCCCCCCCCCC(=O)N[C@@H](CO[C@@H]1O[C@H](CO)[C@@H](O)C(O)C1O)[C@H](O)[C@H](O)CCCCCCCCCCCCCCCC. The number of ether oxygens (including phenoxy) is 2. The number of nitrogens with one attached hydrogen (secondary N) is 1. The molecule has 1 aliphatic heterocycles. The molecule has 0 spiro atoms. The molecule has 388 valence electrons. The Balaban J connectivity index is 2.21. The Bertz CT molecular complexity index is 1000. The molecule has 0 aromatic carbocycles. The van der Waals surface area contributed by atoms with Crippen LogP contribution < -0.4 is 5.32 Å². The Hall–Kier alpha value is -0.850. The van der Waals surface area contributed by atoms with Crippen LogP contribution in [0, 0.1) is 0 Å². The van der Waals surface area contributed by atoms with E-state index in [1.807, 2.05) is 0 Å². The van der Waals surface area contributed by atoms with Gasteiger partial charge in [0.2, 0.25) is 5.91 Å². The zero-order valence-corrected chi connectivity index (χ0v) is 42.6. The van der Waals surface area contributed by atoms with E-state index in [0.717, 1.165) is 38.5 Å². The number of aliphatic hydroxyl groups is 6. The van der Waals surface area contributed by atoms with Gasteiger partial charge in [-0.05, 0) is 12.8 Å². The molecule has 1 rings (SSSR count). The van der Waals surface area contributed by atoms with Crippen LogP contribution >= 0.6 is 0 Å². The molecule has 65 heavy (non-hydrogen) atoms. The van der Waals surface area contributed by atoms with Gasteiger partial charge in [-0.15, -0.1) is 0 Å². The van der Waals surface area contributed by atoms with E-state index in [1.165, 1.54) is 218 Å². The average Bonchev–Trinajstić information content (AvgIpc) is 3.31. The summed E-state index contributed by atoms with van der Waals surface area (Å²) >= 11 is 0. The van der Waals surface area contributed by atoms with Gasteiger partial charge in [-0.3, -0.25) is 4.79 Å². The molecule has 0 aromatic heterocycles. The van der Waals surface area contributed by atoms with Gasteiger partial charge < -0.3 is 45.4 Å². The molecule has 1 aliphatic rings. The lowest BCUT2D eigenvalue weighted by Gasteiger charge is -2.40. The molecule has 1 heterocycles. The minimum absolute atomic E-state index is 0.250. The lowest BCUT2D eigenvalue weighted by Crippen LogP contribution is -2.60. The average molecular weight is 928 g/mol. The van der Waals surface area contributed by atoms with Crippen molar-refractivity contribution in [3.05, 3.63) is 0 Å². The van der Waals surface area contributed by atoms with Crippen LogP contribution in [-0.4, -0.2) is 98.7 Å². The highest BCUT2D eigenvalue weighted by atomic mass is 16.7. The van der Waals surface area contributed by atoms with Gasteiger partial charge >= 0.3 is 0 Å². The molecule has 0 aromatic rings. The van der Waals surface area contributed by atoms with Crippen LogP contribution in [-0.2, 0) is 14.3 Å². The van der Waals surface area contributed by atoms with E-state index in [1.54, 1.807) is 0 Å². The maximum atomic E-state index is 13.1. The summed E-state index contributed by atoms with van der Waals surface area (Å²) < 4.78 is 11.2. The monoisotopic (exact) mass is 928 g/mol. The van der Waals surface area contributed by atoms with E-state index in [9.17, 15) is 35.4 Å². The van der Waals surface area contributed by atoms with E-state index in [0.29, 0.717) is 6.42 Å². The van der Waals surface area contributed by atoms with Crippen molar-refractivity contribution in [2.24, 2.45) is 0 Å². The molecule has 2 unspecified atom stereocenters. The number of rotatable bonds is 49. The van der Waals surface area contributed by atoms with Gasteiger partial charge in [-0.25, -0.2) is 0 Å². The second-order valence-electron chi connectivity index (χ2n) is 20.2. The Morgan fingerprint density at radius 3 is 1.14 bits per heavy atom. The standard InChI is InChI=1S/C55H109NO9/c1-3-5-7-9-11-13-15-17-19-20-21-22-23-24-25-26-27-28-29-30-32-34-36-38-40-42-44-50(59)56-47(46-64-55-54(63)53(62)52(61)49(45-57)65-55)51(60)48(58)43-41-39-37-35-33-31-18-16-14-12-10-8-6-4-2/h47-49,51-55,57-58,60-63H,3-46H2,1-2H3,(H,56,59)/t47-,48+,49+,51-,52+,53?,54?,55+/m0/s1. The molecule has 1 fully saturated rings. The molecule has 10 heteroatoms. The number of unbranched alkanes of at least 4 members (excludes halogenated alkanes) is 38. The van der Waals surface area contributed by atoms with Gasteiger partial charge in [-0.1, -0.05) is 264 Å². The molecule has 1 amide bonds. The second-order valence-corrected chi connectivity index (χ2v) is 20.2. The number of carbonyl (C=O) groups is 1. The van der Waals surface area contributed by atoms with Crippen molar-refractivity contribution in [3.8, 4) is 0 Å². The minimum atomic E-state index is -1.60. The normalized spacial score (nSPS) is 20.3. The van der Waals surface area contributed by atoms with Gasteiger partial charge in [0.1, 0.15) is 30.5 Å². The van der Waals surface area contributed by atoms with E-state index in [2.05, 4.69) is 19.2 Å². The summed E-state index contributed by atoms with van der Waals surface area (Å²) in [4.78, 5) is 13.1. The van der Waals surface area contributed by atoms with Crippen molar-refractivity contribution in [3.63, 3.8) is 0 Å². The van der Waals surface area contributed by atoms with Crippen LogP contribution in [0.15, 0.2) is 0 Å². The number of aliphatic hydroxyl groups excluding tert-OH is 6. The Morgan fingerprint density at radius 2 is 0.800 bits per heavy atom. The highest BCUT2D eigenvalue weighted by molar-refractivity contribution is 5.76. The first-order chi connectivity index (χ1) is 31.8. The molecular weight excluding hydrogens is 819 g/mol. The molecule has 0 bridgehead atoms. The van der Waals surface area contributed by atoms with Crippen LogP contribution in [0.4, 0.5) is 0 Å². The van der Waals surface area contributed by atoms with Crippen LogP contribution in [0.3, 0.4) is 0 Å². The van der Waals surface area contributed by atoms with Gasteiger partial charge in [0, 0.05) is 6.42 Å². The van der Waals surface area contributed by atoms with Crippen LogP contribution in [0.25, 0.3) is 0 Å². The van der Waals surface area contributed by atoms with Crippen LogP contribution in [0.2, 0.25) is 0 Å². The van der Waals surface area contributed by atoms with Crippen molar-refractivity contribution in [1.82, 2.24) is 5.32 Å². The molecule has 0 aliphatic carbocycles. The smallest absolute Gasteiger partial charge is 0.220 e.